The molecule has 0 bridgehead atoms. The molecule has 0 amide bonds. The predicted octanol–water partition coefficient (Wildman–Crippen LogP) is 4.91. The van der Waals surface area contributed by atoms with E-state index < -0.39 is 0 Å². The number of aldehydes is 1. The average Bonchev–Trinajstić information content (AvgIpc) is 2.46. The third-order valence-electron chi connectivity index (χ3n) is 3.27. The summed E-state index contributed by atoms with van der Waals surface area (Å²) in [6.45, 7) is 3.87. The molecule has 1 atom stereocenters. The van der Waals surface area contributed by atoms with E-state index in [1.165, 1.54) is 12.1 Å². The number of carbonyl (C=O) groups is 1. The molecule has 0 radical (unpaired) electrons. The topological polar surface area (TPSA) is 26.3 Å². The number of alkyl halides is 1. The Kier molecular flexibility index (Phi) is 5.12. The van der Waals surface area contributed by atoms with Gasteiger partial charge in [0.2, 0.25) is 0 Å². The van der Waals surface area contributed by atoms with Crippen molar-refractivity contribution in [1.29, 1.82) is 0 Å². The molecular weight excluding hydrogens is 335 g/mol. The summed E-state index contributed by atoms with van der Waals surface area (Å²) in [5, 5.41) is 0.591. The van der Waals surface area contributed by atoms with Gasteiger partial charge in [-0.2, -0.15) is 0 Å². The van der Waals surface area contributed by atoms with Gasteiger partial charge in [0.15, 0.2) is 0 Å². The lowest BCUT2D eigenvalue weighted by atomic mass is 9.97. The van der Waals surface area contributed by atoms with Gasteiger partial charge in [-0.25, -0.2) is 4.39 Å². The maximum Gasteiger partial charge on any atom is 0.133 e. The minimum absolute atomic E-state index is 0.165. The number of benzene rings is 2. The number of aryl methyl sites for hydroxylation is 2. The lowest BCUT2D eigenvalue weighted by Crippen LogP contribution is -2.03. The Labute approximate surface area is 132 Å². The molecular formula is C17H16BrFO2. The third-order valence-corrected chi connectivity index (χ3v) is 3.97. The fourth-order valence-corrected chi connectivity index (χ4v) is 2.71. The molecule has 0 fully saturated rings. The third kappa shape index (κ3) is 3.70. The Hall–Kier alpha value is -1.68. The van der Waals surface area contributed by atoms with Gasteiger partial charge in [0.25, 0.3) is 0 Å². The van der Waals surface area contributed by atoms with Crippen LogP contribution in [0.1, 0.15) is 22.6 Å². The second-order valence-corrected chi connectivity index (χ2v) is 5.58. The summed E-state index contributed by atoms with van der Waals surface area (Å²) in [4.78, 5) is 11.1. The summed E-state index contributed by atoms with van der Waals surface area (Å²) in [6.07, 6.45) is 0.934. The average molecular weight is 351 g/mol. The van der Waals surface area contributed by atoms with Crippen LogP contribution in [-0.2, 0) is 4.79 Å². The Bertz CT molecular complexity index is 615. The first-order valence-corrected chi connectivity index (χ1v) is 7.73. The van der Waals surface area contributed by atoms with Gasteiger partial charge in [-0.3, -0.25) is 0 Å². The van der Waals surface area contributed by atoms with E-state index in [0.717, 1.165) is 28.7 Å². The zero-order chi connectivity index (χ0) is 15.4. The highest BCUT2D eigenvalue weighted by atomic mass is 79.9. The first kappa shape index (κ1) is 15.7. The van der Waals surface area contributed by atoms with E-state index >= 15 is 0 Å². The van der Waals surface area contributed by atoms with E-state index in [1.54, 1.807) is 12.1 Å². The van der Waals surface area contributed by atoms with Crippen LogP contribution in [0, 0.1) is 19.7 Å². The lowest BCUT2D eigenvalue weighted by molar-refractivity contribution is -0.108. The van der Waals surface area contributed by atoms with Gasteiger partial charge < -0.3 is 9.53 Å². The fraction of sp³-hybridized carbons (Fsp3) is 0.235. The molecule has 2 rings (SSSR count). The van der Waals surface area contributed by atoms with Crippen LogP contribution >= 0.6 is 15.9 Å². The second kappa shape index (κ2) is 6.85. The highest BCUT2D eigenvalue weighted by molar-refractivity contribution is 9.09. The molecule has 0 aliphatic rings. The Balaban J connectivity index is 2.32. The standard InChI is InChI=1S/C17H16BrFO2/c1-11-7-13(14(9-18)10-20)8-12(2)17(11)21-16-5-3-15(19)4-6-16/h3-8,10,14H,9H2,1-2H3. The zero-order valence-corrected chi connectivity index (χ0v) is 13.5. The van der Waals surface area contributed by atoms with Gasteiger partial charge in [-0.1, -0.05) is 28.1 Å². The van der Waals surface area contributed by atoms with Crippen LogP contribution in [0.25, 0.3) is 0 Å². The first-order chi connectivity index (χ1) is 10.0. The normalized spacial score (nSPS) is 12.0. The van der Waals surface area contributed by atoms with Crippen LogP contribution < -0.4 is 4.74 Å². The van der Waals surface area contributed by atoms with E-state index in [9.17, 15) is 9.18 Å². The van der Waals surface area contributed by atoms with Crippen molar-refractivity contribution in [3.63, 3.8) is 0 Å². The number of carbonyl (C=O) groups excluding carboxylic acids is 1. The minimum atomic E-state index is -0.294. The molecule has 2 nitrogen and oxygen atoms in total. The number of rotatable bonds is 5. The van der Waals surface area contributed by atoms with Crippen molar-refractivity contribution in [3.05, 3.63) is 58.9 Å². The van der Waals surface area contributed by atoms with Crippen molar-refractivity contribution in [2.75, 3.05) is 5.33 Å². The van der Waals surface area contributed by atoms with Gasteiger partial charge in [-0.05, 0) is 54.8 Å². The number of hydrogen-bond acceptors (Lipinski definition) is 2. The summed E-state index contributed by atoms with van der Waals surface area (Å²) >= 11 is 3.34. The van der Waals surface area contributed by atoms with E-state index in [2.05, 4.69) is 15.9 Å². The van der Waals surface area contributed by atoms with Crippen LogP contribution in [-0.4, -0.2) is 11.6 Å². The Morgan fingerprint density at radius 3 is 2.24 bits per heavy atom. The molecule has 2 aromatic carbocycles. The van der Waals surface area contributed by atoms with Gasteiger partial charge >= 0.3 is 0 Å². The lowest BCUT2D eigenvalue weighted by Gasteiger charge is -2.15. The van der Waals surface area contributed by atoms with Crippen LogP contribution in [0.5, 0.6) is 11.5 Å². The number of halogens is 2. The second-order valence-electron chi connectivity index (χ2n) is 4.94. The molecule has 0 saturated carbocycles. The largest absolute Gasteiger partial charge is 0.457 e. The first-order valence-electron chi connectivity index (χ1n) is 6.61. The summed E-state index contributed by atoms with van der Waals surface area (Å²) in [5.41, 5.74) is 2.85. The van der Waals surface area contributed by atoms with Gasteiger partial charge in [-0.15, -0.1) is 0 Å². The van der Waals surface area contributed by atoms with E-state index in [4.69, 9.17) is 4.74 Å². The summed E-state index contributed by atoms with van der Waals surface area (Å²) in [7, 11) is 0. The van der Waals surface area contributed by atoms with Crippen molar-refractivity contribution in [2.45, 2.75) is 19.8 Å². The maximum absolute atomic E-state index is 12.9. The highest BCUT2D eigenvalue weighted by Crippen LogP contribution is 2.32. The summed E-state index contributed by atoms with van der Waals surface area (Å²) in [6, 6.07) is 9.81. The Morgan fingerprint density at radius 2 is 1.76 bits per heavy atom. The van der Waals surface area contributed by atoms with E-state index in [1.807, 2.05) is 26.0 Å². The van der Waals surface area contributed by atoms with Gasteiger partial charge in [0.05, 0.1) is 0 Å². The molecule has 0 N–H and O–H groups in total. The van der Waals surface area contributed by atoms with Crippen molar-refractivity contribution >= 4 is 22.2 Å². The molecule has 0 aliphatic carbocycles. The quantitative estimate of drug-likeness (QED) is 0.565. The zero-order valence-electron chi connectivity index (χ0n) is 11.9. The fourth-order valence-electron chi connectivity index (χ4n) is 2.18. The van der Waals surface area contributed by atoms with Crippen molar-refractivity contribution in [2.24, 2.45) is 0 Å². The van der Waals surface area contributed by atoms with Gasteiger partial charge in [0, 0.05) is 11.2 Å². The number of hydrogen-bond donors (Lipinski definition) is 0. The summed E-state index contributed by atoms with van der Waals surface area (Å²) in [5.74, 6) is 0.868. The predicted molar refractivity (Wildman–Crippen MR) is 85.0 cm³/mol. The van der Waals surface area contributed by atoms with Gasteiger partial charge in [0.1, 0.15) is 23.6 Å². The van der Waals surface area contributed by atoms with Crippen LogP contribution in [0.4, 0.5) is 4.39 Å². The van der Waals surface area contributed by atoms with E-state index in [0.29, 0.717) is 11.1 Å². The molecule has 0 saturated heterocycles. The van der Waals surface area contributed by atoms with Crippen LogP contribution in [0.3, 0.4) is 0 Å². The molecule has 0 spiro atoms. The van der Waals surface area contributed by atoms with Crippen molar-refractivity contribution in [1.82, 2.24) is 0 Å². The summed E-state index contributed by atoms with van der Waals surface area (Å²) < 4.78 is 18.7. The SMILES string of the molecule is Cc1cc(C(C=O)CBr)cc(C)c1Oc1ccc(F)cc1. The minimum Gasteiger partial charge on any atom is -0.457 e. The molecule has 110 valence electrons. The molecule has 4 heteroatoms. The highest BCUT2D eigenvalue weighted by Gasteiger charge is 2.14. The maximum atomic E-state index is 12.9. The van der Waals surface area contributed by atoms with Crippen LogP contribution in [0.15, 0.2) is 36.4 Å². The molecule has 1 unspecified atom stereocenters. The number of ether oxygens (including phenoxy) is 1. The smallest absolute Gasteiger partial charge is 0.133 e. The van der Waals surface area contributed by atoms with Crippen molar-refractivity contribution in [3.8, 4) is 11.5 Å². The molecule has 21 heavy (non-hydrogen) atoms. The molecule has 0 aliphatic heterocycles. The monoisotopic (exact) mass is 350 g/mol. The van der Waals surface area contributed by atoms with Crippen molar-refractivity contribution < 1.29 is 13.9 Å². The van der Waals surface area contributed by atoms with Crippen LogP contribution in [0.2, 0.25) is 0 Å². The molecule has 2 aromatic rings. The molecule has 0 aromatic heterocycles. The molecule has 0 heterocycles. The van der Waals surface area contributed by atoms with E-state index in [-0.39, 0.29) is 11.7 Å². The Morgan fingerprint density at radius 1 is 1.19 bits per heavy atom.